The third-order valence-corrected chi connectivity index (χ3v) is 9.26. The summed E-state index contributed by atoms with van der Waals surface area (Å²) in [6.07, 6.45) is 6.84. The Kier molecular flexibility index (Phi) is 5.39. The Bertz CT molecular complexity index is 2330. The Morgan fingerprint density at radius 3 is 1.74 bits per heavy atom. The van der Waals surface area contributed by atoms with Gasteiger partial charge in [0.25, 0.3) is 0 Å². The lowest BCUT2D eigenvalue weighted by Gasteiger charge is -2.18. The number of para-hydroxylation sites is 2. The van der Waals surface area contributed by atoms with Gasteiger partial charge < -0.3 is 4.57 Å². The molecule has 0 atom stereocenters. The van der Waals surface area contributed by atoms with E-state index in [4.69, 9.17) is 0 Å². The maximum atomic E-state index is 2.42. The quantitative estimate of drug-likeness (QED) is 0.194. The van der Waals surface area contributed by atoms with Crippen molar-refractivity contribution in [3.05, 3.63) is 157 Å². The van der Waals surface area contributed by atoms with Crippen LogP contribution in [0.25, 0.3) is 77.4 Å². The molecule has 0 saturated carbocycles. The molecule has 7 aromatic carbocycles. The fourth-order valence-corrected chi connectivity index (χ4v) is 7.24. The predicted octanol–water partition coefficient (Wildman–Crippen LogP) is 11.4. The zero-order valence-corrected chi connectivity index (χ0v) is 23.8. The maximum Gasteiger partial charge on any atom is 0.0541 e. The molecule has 1 heteroatoms. The molecule has 43 heavy (non-hydrogen) atoms. The van der Waals surface area contributed by atoms with E-state index < -0.39 is 0 Å². The van der Waals surface area contributed by atoms with Crippen molar-refractivity contribution in [1.82, 2.24) is 4.57 Å². The molecule has 0 unspecified atom stereocenters. The van der Waals surface area contributed by atoms with E-state index in [1.165, 1.54) is 82.4 Å². The van der Waals surface area contributed by atoms with Crippen molar-refractivity contribution < 1.29 is 0 Å². The number of rotatable bonds is 3. The molecule has 0 radical (unpaired) electrons. The van der Waals surface area contributed by atoms with Crippen molar-refractivity contribution in [3.63, 3.8) is 0 Å². The molecular formula is C42H29N. The van der Waals surface area contributed by atoms with Crippen molar-refractivity contribution in [3.8, 4) is 27.9 Å². The van der Waals surface area contributed by atoms with Gasteiger partial charge in [0.05, 0.1) is 11.0 Å². The van der Waals surface area contributed by atoms with Crippen LogP contribution in [0.1, 0.15) is 17.5 Å². The minimum Gasteiger partial charge on any atom is -0.309 e. The minimum absolute atomic E-state index is 1.09. The number of fused-ring (bicyclic) bond motifs is 9. The smallest absolute Gasteiger partial charge is 0.0541 e. The second kappa shape index (κ2) is 9.58. The average molecular weight is 548 g/mol. The van der Waals surface area contributed by atoms with Crippen molar-refractivity contribution in [1.29, 1.82) is 0 Å². The fourth-order valence-electron chi connectivity index (χ4n) is 7.24. The molecule has 1 heterocycles. The first-order chi connectivity index (χ1) is 21.3. The lowest BCUT2D eigenvalue weighted by atomic mass is 9.85. The van der Waals surface area contributed by atoms with Crippen LogP contribution < -0.4 is 0 Å². The van der Waals surface area contributed by atoms with Crippen molar-refractivity contribution in [2.45, 2.75) is 12.8 Å². The van der Waals surface area contributed by atoms with Gasteiger partial charge in [-0.15, -0.1) is 0 Å². The SMILES string of the molecule is C1=Cc2c(c3cc(-c4cccc(-c5ccc(-n6c7ccccc7c7ccccc76)cc5)c4)ccc3c3ccccc23)CC1. The monoisotopic (exact) mass is 547 g/mol. The number of aromatic nitrogens is 1. The van der Waals surface area contributed by atoms with Crippen LogP contribution >= 0.6 is 0 Å². The number of benzene rings is 7. The van der Waals surface area contributed by atoms with Gasteiger partial charge in [-0.05, 0) is 104 Å². The molecular weight excluding hydrogens is 518 g/mol. The number of aryl methyl sites for hydroxylation is 1. The molecule has 0 fully saturated rings. The molecule has 0 aliphatic heterocycles. The van der Waals surface area contributed by atoms with Gasteiger partial charge in [0.2, 0.25) is 0 Å². The first-order valence-electron chi connectivity index (χ1n) is 15.2. The van der Waals surface area contributed by atoms with Crippen molar-refractivity contribution in [2.75, 3.05) is 0 Å². The normalized spacial score (nSPS) is 12.8. The molecule has 1 aliphatic rings. The largest absolute Gasteiger partial charge is 0.309 e. The molecule has 0 saturated heterocycles. The van der Waals surface area contributed by atoms with Gasteiger partial charge in [0.15, 0.2) is 0 Å². The van der Waals surface area contributed by atoms with Crippen LogP contribution in [0.2, 0.25) is 0 Å². The third-order valence-electron chi connectivity index (χ3n) is 9.26. The van der Waals surface area contributed by atoms with E-state index >= 15 is 0 Å². The maximum absolute atomic E-state index is 2.42. The summed E-state index contributed by atoms with van der Waals surface area (Å²) >= 11 is 0. The summed E-state index contributed by atoms with van der Waals surface area (Å²) in [4.78, 5) is 0. The highest BCUT2D eigenvalue weighted by atomic mass is 15.0. The second-order valence-electron chi connectivity index (χ2n) is 11.6. The molecule has 0 N–H and O–H groups in total. The number of allylic oxidation sites excluding steroid dienone is 1. The van der Waals surface area contributed by atoms with E-state index in [0.29, 0.717) is 0 Å². The molecule has 1 aromatic heterocycles. The molecule has 0 spiro atoms. The Morgan fingerprint density at radius 2 is 1.00 bits per heavy atom. The van der Waals surface area contributed by atoms with Crippen LogP contribution in [-0.4, -0.2) is 4.57 Å². The Morgan fingerprint density at radius 1 is 0.419 bits per heavy atom. The average Bonchev–Trinajstić information content (AvgIpc) is 3.43. The third kappa shape index (κ3) is 3.78. The van der Waals surface area contributed by atoms with Gasteiger partial charge in [-0.2, -0.15) is 0 Å². The highest BCUT2D eigenvalue weighted by Crippen LogP contribution is 2.39. The Balaban J connectivity index is 1.13. The van der Waals surface area contributed by atoms with E-state index in [-0.39, 0.29) is 0 Å². The number of nitrogens with zero attached hydrogens (tertiary/aromatic N) is 1. The number of hydrogen-bond donors (Lipinski definition) is 0. The Hall–Kier alpha value is -5.40. The molecule has 0 amide bonds. The van der Waals surface area contributed by atoms with Crippen LogP contribution in [0.5, 0.6) is 0 Å². The van der Waals surface area contributed by atoms with Crippen molar-refractivity contribution >= 4 is 49.4 Å². The molecule has 1 nitrogen and oxygen atoms in total. The lowest BCUT2D eigenvalue weighted by Crippen LogP contribution is -1.98. The van der Waals surface area contributed by atoms with Gasteiger partial charge in [-0.25, -0.2) is 0 Å². The summed E-state index contributed by atoms with van der Waals surface area (Å²) in [5.41, 5.74) is 11.5. The second-order valence-corrected chi connectivity index (χ2v) is 11.6. The summed E-state index contributed by atoms with van der Waals surface area (Å²) in [5.74, 6) is 0. The molecule has 8 aromatic rings. The van der Waals surface area contributed by atoms with Gasteiger partial charge >= 0.3 is 0 Å². The van der Waals surface area contributed by atoms with Crippen LogP contribution in [0.4, 0.5) is 0 Å². The number of hydrogen-bond acceptors (Lipinski definition) is 0. The van der Waals surface area contributed by atoms with Crippen molar-refractivity contribution in [2.24, 2.45) is 0 Å². The van der Waals surface area contributed by atoms with Crippen LogP contribution in [-0.2, 0) is 6.42 Å². The standard InChI is InChI=1S/C42H29N/c1-2-14-35-33(12-1)34-13-3-4-15-36(34)40-27-31(22-25-37(35)40)30-11-9-10-29(26-30)28-20-23-32(24-21-28)43-41-18-7-5-16-38(41)39-17-6-8-19-42(39)43/h1-3,5-14,16-27H,4,15H2. The lowest BCUT2D eigenvalue weighted by molar-refractivity contribution is 1.00. The molecule has 9 rings (SSSR count). The summed E-state index contributed by atoms with van der Waals surface area (Å²) < 4.78 is 2.37. The van der Waals surface area contributed by atoms with Gasteiger partial charge in [0.1, 0.15) is 0 Å². The summed E-state index contributed by atoms with van der Waals surface area (Å²) in [6, 6.07) is 51.3. The van der Waals surface area contributed by atoms with Crippen LogP contribution in [0, 0.1) is 0 Å². The van der Waals surface area contributed by atoms with Crippen LogP contribution in [0.3, 0.4) is 0 Å². The molecule has 1 aliphatic carbocycles. The highest BCUT2D eigenvalue weighted by molar-refractivity contribution is 6.14. The predicted molar refractivity (Wildman–Crippen MR) is 184 cm³/mol. The summed E-state index contributed by atoms with van der Waals surface area (Å²) in [7, 11) is 0. The fraction of sp³-hybridized carbons (Fsp3) is 0.0476. The molecule has 202 valence electrons. The topological polar surface area (TPSA) is 4.93 Å². The summed E-state index contributed by atoms with van der Waals surface area (Å²) in [5, 5.41) is 8.01. The van der Waals surface area contributed by atoms with E-state index in [0.717, 1.165) is 12.8 Å². The van der Waals surface area contributed by atoms with Crippen LogP contribution in [0.15, 0.2) is 146 Å². The van der Waals surface area contributed by atoms with E-state index in [2.05, 4.69) is 156 Å². The minimum atomic E-state index is 1.09. The highest BCUT2D eigenvalue weighted by Gasteiger charge is 2.16. The first-order valence-corrected chi connectivity index (χ1v) is 15.2. The zero-order chi connectivity index (χ0) is 28.3. The van der Waals surface area contributed by atoms with E-state index in [1.54, 1.807) is 0 Å². The summed E-state index contributed by atoms with van der Waals surface area (Å²) in [6.45, 7) is 0. The molecule has 0 bridgehead atoms. The van der Waals surface area contributed by atoms with E-state index in [9.17, 15) is 0 Å². The van der Waals surface area contributed by atoms with Gasteiger partial charge in [-0.3, -0.25) is 0 Å². The first kappa shape index (κ1) is 24.2. The Labute approximate surface area is 251 Å². The van der Waals surface area contributed by atoms with Gasteiger partial charge in [0, 0.05) is 16.5 Å². The van der Waals surface area contributed by atoms with Gasteiger partial charge in [-0.1, -0.05) is 115 Å². The zero-order valence-electron chi connectivity index (χ0n) is 23.8. The van der Waals surface area contributed by atoms with E-state index in [1.807, 2.05) is 0 Å².